The van der Waals surface area contributed by atoms with E-state index in [1.165, 1.54) is 6.92 Å². The van der Waals surface area contributed by atoms with Crippen molar-refractivity contribution in [1.82, 2.24) is 20.2 Å². The molecule has 0 saturated heterocycles. The summed E-state index contributed by atoms with van der Waals surface area (Å²) in [4.78, 5) is 27.9. The van der Waals surface area contributed by atoms with Gasteiger partial charge in [0.2, 0.25) is 11.8 Å². The van der Waals surface area contributed by atoms with Crippen molar-refractivity contribution in [2.75, 3.05) is 6.54 Å². The summed E-state index contributed by atoms with van der Waals surface area (Å²) in [5.41, 5.74) is 1.51. The molecule has 0 aliphatic heterocycles. The number of nitrogens with one attached hydrogen (secondary N) is 2. The number of hydrogen-bond donors (Lipinski definition) is 2. The molecule has 0 aliphatic rings. The van der Waals surface area contributed by atoms with Crippen molar-refractivity contribution in [2.24, 2.45) is 0 Å². The molecular weight excluding hydrogens is 292 g/mol. The van der Waals surface area contributed by atoms with Gasteiger partial charge < -0.3 is 15.2 Å². The van der Waals surface area contributed by atoms with E-state index in [1.54, 1.807) is 0 Å². The van der Waals surface area contributed by atoms with Gasteiger partial charge in [0.1, 0.15) is 12.4 Å². The van der Waals surface area contributed by atoms with Gasteiger partial charge in [-0.2, -0.15) is 0 Å². The van der Waals surface area contributed by atoms with E-state index in [1.807, 2.05) is 49.6 Å². The molecule has 0 radical (unpaired) electrons. The molecule has 1 heterocycles. The third-order valence-electron chi connectivity index (χ3n) is 3.27. The Morgan fingerprint density at radius 2 is 1.91 bits per heavy atom. The quantitative estimate of drug-likeness (QED) is 0.880. The lowest BCUT2D eigenvalue weighted by Gasteiger charge is -2.21. The molecule has 0 saturated carbocycles. The molecule has 0 aliphatic carbocycles. The SMILES string of the molecule is CC(=O)NCCc1nc2ccccc2n1CC(=O)NC(C)(C)C. The Bertz CT molecular complexity index is 713. The maximum atomic E-state index is 12.3. The number of carbonyl (C=O) groups excluding carboxylic acids is 2. The van der Waals surface area contributed by atoms with Crippen molar-refractivity contribution in [3.8, 4) is 0 Å². The second-order valence-electron chi connectivity index (χ2n) is 6.63. The van der Waals surface area contributed by atoms with Crippen LogP contribution in [0.3, 0.4) is 0 Å². The van der Waals surface area contributed by atoms with Crippen molar-refractivity contribution < 1.29 is 9.59 Å². The van der Waals surface area contributed by atoms with Crippen molar-refractivity contribution in [3.63, 3.8) is 0 Å². The minimum atomic E-state index is -0.274. The first-order valence-corrected chi connectivity index (χ1v) is 7.76. The van der Waals surface area contributed by atoms with Crippen LogP contribution in [0.1, 0.15) is 33.5 Å². The third kappa shape index (κ3) is 4.81. The smallest absolute Gasteiger partial charge is 0.240 e. The number of nitrogens with zero attached hydrogens (tertiary/aromatic N) is 2. The van der Waals surface area contributed by atoms with Crippen LogP contribution in [-0.4, -0.2) is 33.4 Å². The van der Waals surface area contributed by atoms with Crippen LogP contribution >= 0.6 is 0 Å². The predicted octanol–water partition coefficient (Wildman–Crippen LogP) is 1.63. The second-order valence-corrected chi connectivity index (χ2v) is 6.63. The highest BCUT2D eigenvalue weighted by Gasteiger charge is 2.17. The maximum Gasteiger partial charge on any atom is 0.240 e. The van der Waals surface area contributed by atoms with Gasteiger partial charge in [-0.3, -0.25) is 9.59 Å². The fraction of sp³-hybridized carbons (Fsp3) is 0.471. The molecule has 1 aromatic heterocycles. The standard InChI is InChI=1S/C17H24N4O2/c1-12(22)18-10-9-15-19-13-7-5-6-8-14(13)21(15)11-16(23)20-17(2,3)4/h5-8H,9-11H2,1-4H3,(H,18,22)(H,20,23). The Morgan fingerprint density at radius 3 is 2.57 bits per heavy atom. The molecule has 0 atom stereocenters. The number of aromatic nitrogens is 2. The summed E-state index contributed by atoms with van der Waals surface area (Å²) in [6.45, 7) is 8.06. The Labute approximate surface area is 136 Å². The first kappa shape index (κ1) is 17.0. The van der Waals surface area contributed by atoms with Crippen LogP contribution in [0.2, 0.25) is 0 Å². The molecule has 23 heavy (non-hydrogen) atoms. The van der Waals surface area contributed by atoms with Crippen LogP contribution in [0.5, 0.6) is 0 Å². The van der Waals surface area contributed by atoms with Crippen LogP contribution in [-0.2, 0) is 22.6 Å². The summed E-state index contributed by atoms with van der Waals surface area (Å²) in [6, 6.07) is 7.73. The highest BCUT2D eigenvalue weighted by molar-refractivity contribution is 5.81. The number of imidazole rings is 1. The number of carbonyl (C=O) groups is 2. The molecule has 0 bridgehead atoms. The zero-order valence-corrected chi connectivity index (χ0v) is 14.1. The zero-order valence-electron chi connectivity index (χ0n) is 14.1. The van der Waals surface area contributed by atoms with E-state index in [9.17, 15) is 9.59 Å². The largest absolute Gasteiger partial charge is 0.356 e. The first-order valence-electron chi connectivity index (χ1n) is 7.76. The van der Waals surface area contributed by atoms with E-state index < -0.39 is 0 Å². The van der Waals surface area contributed by atoms with Gasteiger partial charge in [-0.05, 0) is 32.9 Å². The Morgan fingerprint density at radius 1 is 1.22 bits per heavy atom. The van der Waals surface area contributed by atoms with Gasteiger partial charge in [-0.15, -0.1) is 0 Å². The molecule has 6 nitrogen and oxygen atoms in total. The molecule has 2 N–H and O–H groups in total. The van der Waals surface area contributed by atoms with Crippen molar-refractivity contribution in [3.05, 3.63) is 30.1 Å². The summed E-state index contributed by atoms with van der Waals surface area (Å²) >= 11 is 0. The van der Waals surface area contributed by atoms with Crippen LogP contribution in [0.25, 0.3) is 11.0 Å². The van der Waals surface area contributed by atoms with Crippen LogP contribution in [0.4, 0.5) is 0 Å². The van der Waals surface area contributed by atoms with E-state index >= 15 is 0 Å². The van der Waals surface area contributed by atoms with Gasteiger partial charge in [0.15, 0.2) is 0 Å². The molecule has 2 amide bonds. The van der Waals surface area contributed by atoms with Gasteiger partial charge >= 0.3 is 0 Å². The Hall–Kier alpha value is -2.37. The Kier molecular flexibility index (Phi) is 5.03. The molecule has 2 rings (SSSR count). The van der Waals surface area contributed by atoms with Gasteiger partial charge in [0.05, 0.1) is 11.0 Å². The fourth-order valence-electron chi connectivity index (χ4n) is 2.44. The summed E-state index contributed by atoms with van der Waals surface area (Å²) in [5, 5.41) is 5.73. The van der Waals surface area contributed by atoms with E-state index in [2.05, 4.69) is 15.6 Å². The molecular formula is C17H24N4O2. The lowest BCUT2D eigenvalue weighted by Crippen LogP contribution is -2.42. The van der Waals surface area contributed by atoms with Crippen LogP contribution < -0.4 is 10.6 Å². The van der Waals surface area contributed by atoms with E-state index in [0.717, 1.165) is 16.9 Å². The second kappa shape index (κ2) is 6.81. The minimum Gasteiger partial charge on any atom is -0.356 e. The number of rotatable bonds is 5. The first-order chi connectivity index (χ1) is 10.8. The number of amides is 2. The van der Waals surface area contributed by atoms with E-state index in [-0.39, 0.29) is 23.9 Å². The average molecular weight is 316 g/mol. The molecule has 0 spiro atoms. The van der Waals surface area contributed by atoms with Gasteiger partial charge in [-0.1, -0.05) is 12.1 Å². The predicted molar refractivity (Wildman–Crippen MR) is 90.0 cm³/mol. The number of benzene rings is 1. The Balaban J connectivity index is 2.24. The summed E-state index contributed by atoms with van der Waals surface area (Å²) < 4.78 is 1.91. The molecule has 2 aromatic rings. The number of fused-ring (bicyclic) bond motifs is 1. The molecule has 0 fully saturated rings. The van der Waals surface area contributed by atoms with Crippen LogP contribution in [0.15, 0.2) is 24.3 Å². The maximum absolute atomic E-state index is 12.3. The number of hydrogen-bond acceptors (Lipinski definition) is 3. The van der Waals surface area contributed by atoms with Crippen molar-refractivity contribution in [1.29, 1.82) is 0 Å². The highest BCUT2D eigenvalue weighted by Crippen LogP contribution is 2.16. The molecule has 6 heteroatoms. The summed E-state index contributed by atoms with van der Waals surface area (Å²) in [6.07, 6.45) is 0.580. The zero-order chi connectivity index (χ0) is 17.0. The fourth-order valence-corrected chi connectivity index (χ4v) is 2.44. The number of para-hydroxylation sites is 2. The average Bonchev–Trinajstić information content (AvgIpc) is 2.74. The lowest BCUT2D eigenvalue weighted by atomic mass is 10.1. The molecule has 0 unspecified atom stereocenters. The van der Waals surface area contributed by atoms with E-state index in [0.29, 0.717) is 13.0 Å². The monoisotopic (exact) mass is 316 g/mol. The summed E-state index contributed by atoms with van der Waals surface area (Å²) in [5.74, 6) is 0.670. The molecule has 1 aromatic carbocycles. The van der Waals surface area contributed by atoms with Crippen molar-refractivity contribution in [2.45, 2.75) is 46.2 Å². The van der Waals surface area contributed by atoms with Gasteiger partial charge in [0, 0.05) is 25.4 Å². The lowest BCUT2D eigenvalue weighted by molar-refractivity contribution is -0.123. The molecule has 124 valence electrons. The van der Waals surface area contributed by atoms with Crippen LogP contribution in [0, 0.1) is 0 Å². The topological polar surface area (TPSA) is 76.0 Å². The van der Waals surface area contributed by atoms with E-state index in [4.69, 9.17) is 0 Å². The highest BCUT2D eigenvalue weighted by atomic mass is 16.2. The third-order valence-corrected chi connectivity index (χ3v) is 3.27. The van der Waals surface area contributed by atoms with Gasteiger partial charge in [-0.25, -0.2) is 4.98 Å². The normalized spacial score (nSPS) is 11.5. The minimum absolute atomic E-state index is 0.0542. The van der Waals surface area contributed by atoms with Gasteiger partial charge in [0.25, 0.3) is 0 Å². The van der Waals surface area contributed by atoms with Crippen molar-refractivity contribution >= 4 is 22.8 Å². The summed E-state index contributed by atoms with van der Waals surface area (Å²) in [7, 11) is 0.